The number of piperidine rings is 2. The van der Waals surface area contributed by atoms with Gasteiger partial charge in [0.25, 0.3) is 17.7 Å². The van der Waals surface area contributed by atoms with E-state index >= 15 is 0 Å². The molecule has 512 valence electrons. The molecule has 6 saturated heterocycles. The van der Waals surface area contributed by atoms with Crippen LogP contribution in [0.3, 0.4) is 0 Å². The number of rotatable bonds is 9. The van der Waals surface area contributed by atoms with E-state index in [9.17, 15) is 30.2 Å². The Kier molecular flexibility index (Phi) is 17.3. The van der Waals surface area contributed by atoms with Gasteiger partial charge in [0.15, 0.2) is 0 Å². The van der Waals surface area contributed by atoms with Crippen LogP contribution < -0.4 is 14.7 Å². The number of anilines is 3. The second kappa shape index (κ2) is 27.3. The maximum Gasteiger partial charge on any atom is 0.298 e. The summed E-state index contributed by atoms with van der Waals surface area (Å²) in [5.74, 6) is 8.56. The smallest absolute Gasteiger partial charge is 0.298 e. The molecule has 0 saturated carbocycles. The van der Waals surface area contributed by atoms with E-state index in [0.29, 0.717) is 56.0 Å². The number of carbonyl (C=O) groups is 3. The number of nitriles is 3. The second-order valence-corrected chi connectivity index (χ2v) is 26.5. The van der Waals surface area contributed by atoms with Crippen molar-refractivity contribution in [3.05, 3.63) is 164 Å². The van der Waals surface area contributed by atoms with Gasteiger partial charge in [-0.3, -0.25) is 28.4 Å². The van der Waals surface area contributed by atoms with Crippen molar-refractivity contribution in [2.45, 2.75) is 62.8 Å². The largest absolute Gasteiger partial charge is 0.353 e. The highest BCUT2D eigenvalue weighted by Gasteiger charge is 2.43. The van der Waals surface area contributed by atoms with Crippen molar-refractivity contribution < 1.29 is 14.4 Å². The predicted octanol–water partition coefficient (Wildman–Crippen LogP) is 7.30. The molecule has 3 amide bonds. The highest BCUT2D eigenvalue weighted by Crippen LogP contribution is 2.40. The number of nitrogens with zero attached hydrogens (tertiary/aromatic N) is 24. The number of aromatic nitrogens is 15. The lowest BCUT2D eigenvalue weighted by Crippen LogP contribution is -2.64. The van der Waals surface area contributed by atoms with E-state index in [4.69, 9.17) is 34.2 Å². The van der Waals surface area contributed by atoms with Crippen LogP contribution in [-0.4, -0.2) is 182 Å². The van der Waals surface area contributed by atoms with E-state index in [0.717, 1.165) is 133 Å². The van der Waals surface area contributed by atoms with Crippen LogP contribution in [0.25, 0.3) is 83.3 Å². The van der Waals surface area contributed by atoms with Crippen LogP contribution in [0, 0.1) is 71.0 Å². The van der Waals surface area contributed by atoms with Gasteiger partial charge in [-0.25, -0.2) is 28.5 Å². The molecule has 5 atom stereocenters. The number of hydrogen-bond acceptors (Lipinski definition) is 18. The Hall–Kier alpha value is -13.9. The maximum absolute atomic E-state index is 12.1. The van der Waals surface area contributed by atoms with Crippen molar-refractivity contribution in [2.75, 3.05) is 60.5 Å². The molecule has 6 aliphatic rings. The van der Waals surface area contributed by atoms with Crippen molar-refractivity contribution in [3.63, 3.8) is 0 Å². The molecule has 0 N–H and O–H groups in total. The average Bonchev–Trinajstić information content (AvgIpc) is 1.12. The monoisotopic (exact) mass is 1370 g/mol. The number of carbonyl (C=O) groups excluding carboxylic acids is 3. The van der Waals surface area contributed by atoms with Gasteiger partial charge in [0.05, 0.1) is 76.5 Å². The Morgan fingerprint density at radius 3 is 1.20 bits per heavy atom. The van der Waals surface area contributed by atoms with Crippen molar-refractivity contribution >= 4 is 51.7 Å². The average molecular weight is 1380 g/mol. The third-order valence-electron chi connectivity index (χ3n) is 20.2. The van der Waals surface area contributed by atoms with E-state index < -0.39 is 0 Å². The van der Waals surface area contributed by atoms with Gasteiger partial charge in [0.1, 0.15) is 35.7 Å². The summed E-state index contributed by atoms with van der Waals surface area (Å²) in [5.41, 5.74) is 14.8. The summed E-state index contributed by atoms with van der Waals surface area (Å²) in [4.78, 5) is 62.4. The summed E-state index contributed by atoms with van der Waals surface area (Å²) in [5, 5.41) is 55.0. The van der Waals surface area contributed by atoms with Crippen LogP contribution >= 0.6 is 0 Å². The molecule has 0 spiro atoms. The summed E-state index contributed by atoms with van der Waals surface area (Å²) in [7, 11) is 5.63. The molecule has 0 aliphatic carbocycles. The zero-order chi connectivity index (χ0) is 72.0. The lowest BCUT2D eigenvalue weighted by molar-refractivity contribution is -0.130. The van der Waals surface area contributed by atoms with E-state index in [1.807, 2.05) is 131 Å². The van der Waals surface area contributed by atoms with Gasteiger partial charge in [-0.2, -0.15) is 46.4 Å². The normalized spacial score (nSPS) is 18.0. The molecule has 4 bridgehead atoms. The first-order valence-corrected chi connectivity index (χ1v) is 33.8. The third-order valence-corrected chi connectivity index (χ3v) is 20.2. The van der Waals surface area contributed by atoms with Gasteiger partial charge >= 0.3 is 0 Å². The first kappa shape index (κ1) is 66.0. The fourth-order valence-corrected chi connectivity index (χ4v) is 15.1. The molecule has 12 aromatic rings. The first-order valence-electron chi connectivity index (χ1n) is 33.8. The van der Waals surface area contributed by atoms with Crippen LogP contribution in [0.2, 0.25) is 0 Å². The number of hydrogen-bond donors (Lipinski definition) is 0. The topological polar surface area (TPSA) is 286 Å². The lowest BCUT2D eigenvalue weighted by Gasteiger charge is -2.51. The summed E-state index contributed by atoms with van der Waals surface area (Å²) in [6, 6.07) is 25.7. The number of pyridine rings is 6. The minimum atomic E-state index is -0.276. The highest BCUT2D eigenvalue weighted by atomic mass is 16.2. The molecule has 6 fully saturated rings. The molecule has 18 heterocycles. The second-order valence-electron chi connectivity index (χ2n) is 26.5. The van der Waals surface area contributed by atoms with Crippen LogP contribution in [0.1, 0.15) is 49.3 Å². The Morgan fingerprint density at radius 2 is 0.827 bits per heavy atom. The Labute approximate surface area is 597 Å². The van der Waals surface area contributed by atoms with Gasteiger partial charge in [0, 0.05) is 214 Å². The minimum absolute atomic E-state index is 0.000422. The quantitative estimate of drug-likeness (QED) is 0.128. The summed E-state index contributed by atoms with van der Waals surface area (Å²) in [6.07, 6.45) is 47.2. The zero-order valence-corrected chi connectivity index (χ0v) is 57.2. The Bertz CT molecular complexity index is 5620. The van der Waals surface area contributed by atoms with Gasteiger partial charge in [-0.05, 0) is 105 Å². The van der Waals surface area contributed by atoms with Crippen molar-refractivity contribution in [3.8, 4) is 122 Å². The Morgan fingerprint density at radius 1 is 0.413 bits per heavy atom. The molecule has 5 unspecified atom stereocenters. The number of aryl methyl sites for hydroxylation is 3. The van der Waals surface area contributed by atoms with Crippen LogP contribution in [0.5, 0.6) is 0 Å². The van der Waals surface area contributed by atoms with E-state index in [-0.39, 0.29) is 47.9 Å². The lowest BCUT2D eigenvalue weighted by atomic mass is 9.90. The van der Waals surface area contributed by atoms with Crippen molar-refractivity contribution in [1.82, 2.24) is 87.8 Å². The van der Waals surface area contributed by atoms with Gasteiger partial charge in [0.2, 0.25) is 0 Å². The summed E-state index contributed by atoms with van der Waals surface area (Å²) >= 11 is 0. The predicted molar refractivity (Wildman–Crippen MR) is 388 cm³/mol. The summed E-state index contributed by atoms with van der Waals surface area (Å²) < 4.78 is 10.5. The number of fused-ring (bicyclic) bond motifs is 8. The van der Waals surface area contributed by atoms with Crippen molar-refractivity contribution in [1.29, 1.82) is 15.8 Å². The van der Waals surface area contributed by atoms with Gasteiger partial charge in [-0.1, -0.05) is 0 Å². The Balaban J connectivity index is 0.000000126. The molecule has 0 aromatic carbocycles. The van der Waals surface area contributed by atoms with E-state index in [1.165, 1.54) is 0 Å². The first-order chi connectivity index (χ1) is 50.6. The number of terminal acetylenes is 3. The number of piperazine rings is 3. The fraction of sp³-hybridized carbons (Fsp3) is 0.260. The van der Waals surface area contributed by atoms with Gasteiger partial charge < -0.3 is 29.4 Å². The van der Waals surface area contributed by atoms with E-state index in [1.54, 1.807) is 74.6 Å². The SMILES string of the molecule is C#CC(=O)N1CC2CCC(C1)N2c1ccc(-c2cc(-c3cnn(C)c3)cn3ncc(C#N)c23)cn1.C#CC(=O)N1CC2CCC1CN2c1ccc(-c2cc(-c3cnn(C)c3)cn3ncc(C#N)c23)cn1.C#CC(=O)N1CCN(c2ccc(-c3cc(-c4cnn(C)c4)cn4ncc(C#N)c34)cn2)CC1C. The maximum atomic E-state index is 12.1. The molecule has 0 radical (unpaired) electrons. The molecular weight excluding hydrogens is 1310 g/mol. The van der Waals surface area contributed by atoms with Crippen LogP contribution in [0.4, 0.5) is 17.5 Å². The van der Waals surface area contributed by atoms with Gasteiger partial charge in [-0.15, -0.1) is 19.3 Å². The molecule has 12 aromatic heterocycles. The van der Waals surface area contributed by atoms with Crippen molar-refractivity contribution in [2.24, 2.45) is 21.1 Å². The summed E-state index contributed by atoms with van der Waals surface area (Å²) in [6.45, 7) is 6.46. The highest BCUT2D eigenvalue weighted by molar-refractivity contribution is 5.95. The number of amides is 3. The minimum Gasteiger partial charge on any atom is -0.353 e. The molecule has 27 heteroatoms. The zero-order valence-electron chi connectivity index (χ0n) is 57.2. The molecule has 18 rings (SSSR count). The third kappa shape index (κ3) is 12.3. The molecule has 27 nitrogen and oxygen atoms in total. The number of likely N-dealkylation sites (tertiary alicyclic amines) is 1. The molecular formula is C77H66N24O3. The van der Waals surface area contributed by atoms with E-state index in [2.05, 4.69) is 93.4 Å². The fourth-order valence-electron chi connectivity index (χ4n) is 15.1. The van der Waals surface area contributed by atoms with Crippen LogP contribution in [0.15, 0.2) is 148 Å². The molecule has 6 aliphatic heterocycles. The standard InChI is InChI=1S/2C26H22N8O.C25H22N8O/c1-3-25(35)33-16-21-5-6-22(33)15-32(21)24-7-4-17(10-28-24)23-8-18(20-12-29-31(2)13-20)14-34-26(23)19(9-27)11-30-34;1-3-25(35)32-15-21-5-6-22(16-32)34(21)24-7-4-17(10-28-24)23-8-18(20-12-29-31(2)13-20)14-33-26(23)19(9-27)11-30-33;1-4-24(34)32-8-7-31(14-17(32)2)23-6-5-18(11-27-23)22-9-19(21-13-28-30(3)15-21)16-33-25(22)20(10-26)12-29-33/h2*1,4,7-8,10-14,21-22H,5-6,15-16H2,2H3;1,5-6,9,11-13,15-17H,7-8,14H2,2-3H3. The molecule has 104 heavy (non-hydrogen) atoms. The van der Waals surface area contributed by atoms with Crippen LogP contribution in [-0.2, 0) is 35.5 Å².